The third-order valence-corrected chi connectivity index (χ3v) is 13.4. The topological polar surface area (TPSA) is 26.3 Å². The number of rotatable bonds is 4. The average Bonchev–Trinajstić information content (AvgIpc) is 3.98. The van der Waals surface area contributed by atoms with E-state index in [-0.39, 0.29) is 0 Å². The molecule has 0 aliphatic carbocycles. The van der Waals surface area contributed by atoms with Gasteiger partial charge in [0.05, 0.1) is 0 Å². The lowest BCUT2D eigenvalue weighted by atomic mass is 9.85. The molecule has 10 aromatic carbocycles. The average molecular weight is 769 g/mol. The van der Waals surface area contributed by atoms with Gasteiger partial charge in [0.15, 0.2) is 0 Å². The van der Waals surface area contributed by atoms with Crippen LogP contribution in [-0.2, 0) is 0 Å². The van der Waals surface area contributed by atoms with Gasteiger partial charge in [0.1, 0.15) is 22.3 Å². The van der Waals surface area contributed by atoms with Gasteiger partial charge >= 0.3 is 0 Å². The molecular weight excluding hydrogens is 737 g/mol. The van der Waals surface area contributed by atoms with Gasteiger partial charge in [-0.1, -0.05) is 146 Å². The summed E-state index contributed by atoms with van der Waals surface area (Å²) in [6.07, 6.45) is 0. The largest absolute Gasteiger partial charge is 0.456 e. The summed E-state index contributed by atoms with van der Waals surface area (Å²) >= 11 is 1.86. The minimum absolute atomic E-state index is 0.914. The second kappa shape index (κ2) is 12.5. The van der Waals surface area contributed by atoms with Crippen molar-refractivity contribution in [3.63, 3.8) is 0 Å². The maximum absolute atomic E-state index is 6.73. The second-order valence-corrected chi connectivity index (χ2v) is 16.6. The third kappa shape index (κ3) is 4.86. The van der Waals surface area contributed by atoms with Crippen LogP contribution >= 0.6 is 11.3 Å². The Morgan fingerprint density at radius 3 is 1.64 bits per heavy atom. The summed E-state index contributed by atoms with van der Waals surface area (Å²) in [6, 6.07) is 70.3. The van der Waals surface area contributed by atoms with Gasteiger partial charge in [-0.2, -0.15) is 0 Å². The Morgan fingerprint density at radius 1 is 0.305 bits per heavy atom. The van der Waals surface area contributed by atoms with Gasteiger partial charge < -0.3 is 8.83 Å². The lowest BCUT2D eigenvalue weighted by Gasteiger charge is -2.18. The fourth-order valence-electron chi connectivity index (χ4n) is 9.61. The highest BCUT2D eigenvalue weighted by Crippen LogP contribution is 2.53. The Balaban J connectivity index is 1.05. The summed E-state index contributed by atoms with van der Waals surface area (Å²) < 4.78 is 14.2. The van der Waals surface area contributed by atoms with Crippen molar-refractivity contribution < 1.29 is 8.83 Å². The molecule has 0 bridgehead atoms. The predicted molar refractivity (Wildman–Crippen MR) is 251 cm³/mol. The van der Waals surface area contributed by atoms with Crippen molar-refractivity contribution in [1.82, 2.24) is 0 Å². The molecule has 13 rings (SSSR count). The highest BCUT2D eigenvalue weighted by molar-refractivity contribution is 7.23. The van der Waals surface area contributed by atoms with Crippen LogP contribution in [0.4, 0.5) is 0 Å². The number of fused-ring (bicyclic) bond motifs is 11. The maximum atomic E-state index is 6.73. The molecule has 0 fully saturated rings. The minimum Gasteiger partial charge on any atom is -0.456 e. The van der Waals surface area contributed by atoms with E-state index in [0.29, 0.717) is 0 Å². The van der Waals surface area contributed by atoms with Crippen LogP contribution in [0.15, 0.2) is 203 Å². The molecule has 0 atom stereocenters. The maximum Gasteiger partial charge on any atom is 0.144 e. The van der Waals surface area contributed by atoms with Crippen LogP contribution in [0.5, 0.6) is 0 Å². The van der Waals surface area contributed by atoms with Crippen molar-refractivity contribution in [3.8, 4) is 43.8 Å². The van der Waals surface area contributed by atoms with E-state index in [9.17, 15) is 0 Å². The van der Waals surface area contributed by atoms with Crippen molar-refractivity contribution >= 4 is 97.6 Å². The standard InChI is InChI=1S/C56H32O2S/c1-2-13-33(14-3-1)52-54-50(28-27-45-39-17-8-11-24-48(39)58-55(45)54)59-56(52)53-43-21-6-4-19-41(43)51(42-20-5-7-22-44(42)53)37-16-12-15-34(29-37)35-25-26-36-32-49-46(31-38(36)30-35)40-18-9-10-23-47(40)57-49/h1-32H. The zero-order valence-electron chi connectivity index (χ0n) is 31.7. The first-order valence-corrected chi connectivity index (χ1v) is 20.9. The summed E-state index contributed by atoms with van der Waals surface area (Å²) in [5.41, 5.74) is 12.2. The summed E-state index contributed by atoms with van der Waals surface area (Å²) in [4.78, 5) is 1.25. The molecule has 3 heteroatoms. The van der Waals surface area contributed by atoms with Crippen molar-refractivity contribution in [2.75, 3.05) is 0 Å². The van der Waals surface area contributed by atoms with E-state index in [4.69, 9.17) is 8.83 Å². The molecule has 0 aliphatic rings. The smallest absolute Gasteiger partial charge is 0.144 e. The first-order chi connectivity index (χ1) is 29.2. The molecule has 59 heavy (non-hydrogen) atoms. The zero-order chi connectivity index (χ0) is 38.6. The molecule has 3 aromatic heterocycles. The SMILES string of the molecule is c1ccc(-c2c(-c3c4ccccc4c(-c4cccc(-c5ccc6cc7oc8ccccc8c7cc6c5)c4)c4ccccc34)sc3ccc4c5ccccc5oc4c23)cc1. The number of hydrogen-bond acceptors (Lipinski definition) is 3. The van der Waals surface area contributed by atoms with Gasteiger partial charge in [0, 0.05) is 47.6 Å². The number of para-hydroxylation sites is 2. The Kier molecular flexibility index (Phi) is 6.92. The number of furan rings is 2. The molecule has 0 saturated carbocycles. The molecule has 0 unspecified atom stereocenters. The van der Waals surface area contributed by atoms with Gasteiger partial charge in [0.2, 0.25) is 0 Å². The Labute approximate surface area is 342 Å². The first-order valence-electron chi connectivity index (χ1n) is 20.1. The zero-order valence-corrected chi connectivity index (χ0v) is 32.5. The van der Waals surface area contributed by atoms with Gasteiger partial charge in [-0.15, -0.1) is 11.3 Å². The summed E-state index contributed by atoms with van der Waals surface area (Å²) in [6.45, 7) is 0. The van der Waals surface area contributed by atoms with Crippen LogP contribution in [0.3, 0.4) is 0 Å². The minimum atomic E-state index is 0.914. The van der Waals surface area contributed by atoms with E-state index in [2.05, 4.69) is 182 Å². The van der Waals surface area contributed by atoms with Crippen LogP contribution < -0.4 is 0 Å². The van der Waals surface area contributed by atoms with Crippen molar-refractivity contribution in [2.24, 2.45) is 0 Å². The fourth-order valence-corrected chi connectivity index (χ4v) is 10.9. The fraction of sp³-hybridized carbons (Fsp3) is 0. The summed E-state index contributed by atoms with van der Waals surface area (Å²) in [5.74, 6) is 0. The van der Waals surface area contributed by atoms with Crippen LogP contribution in [0.25, 0.3) is 130 Å². The summed E-state index contributed by atoms with van der Waals surface area (Å²) in [5, 5.41) is 13.1. The molecule has 3 heterocycles. The highest BCUT2D eigenvalue weighted by atomic mass is 32.1. The number of hydrogen-bond donors (Lipinski definition) is 0. The molecule has 0 saturated heterocycles. The Bertz CT molecular complexity index is 3790. The Morgan fingerprint density at radius 2 is 0.898 bits per heavy atom. The molecule has 0 radical (unpaired) electrons. The lowest BCUT2D eigenvalue weighted by Crippen LogP contribution is -1.91. The quantitative estimate of drug-likeness (QED) is 0.167. The van der Waals surface area contributed by atoms with E-state index in [1.54, 1.807) is 0 Å². The molecule has 274 valence electrons. The molecule has 0 amide bonds. The van der Waals surface area contributed by atoms with E-state index < -0.39 is 0 Å². The molecule has 2 nitrogen and oxygen atoms in total. The predicted octanol–water partition coefficient (Wildman–Crippen LogP) is 16.8. The molecule has 0 N–H and O–H groups in total. The Hall–Kier alpha value is -7.46. The normalized spacial score (nSPS) is 12.1. The van der Waals surface area contributed by atoms with Gasteiger partial charge in [-0.3, -0.25) is 0 Å². The van der Waals surface area contributed by atoms with Crippen LogP contribution in [0, 0.1) is 0 Å². The lowest BCUT2D eigenvalue weighted by molar-refractivity contribution is 0.669. The van der Waals surface area contributed by atoms with Crippen molar-refractivity contribution in [3.05, 3.63) is 194 Å². The van der Waals surface area contributed by atoms with E-state index in [0.717, 1.165) is 43.9 Å². The third-order valence-electron chi connectivity index (χ3n) is 12.2. The second-order valence-electron chi connectivity index (χ2n) is 15.5. The van der Waals surface area contributed by atoms with Crippen LogP contribution in [0.1, 0.15) is 0 Å². The molecule has 0 spiro atoms. The van der Waals surface area contributed by atoms with Crippen molar-refractivity contribution in [2.45, 2.75) is 0 Å². The van der Waals surface area contributed by atoms with Crippen LogP contribution in [0.2, 0.25) is 0 Å². The molecular formula is C56H32O2S. The van der Waals surface area contributed by atoms with E-state index in [1.165, 1.54) is 86.2 Å². The van der Waals surface area contributed by atoms with E-state index in [1.807, 2.05) is 23.5 Å². The number of thiophene rings is 1. The monoisotopic (exact) mass is 768 g/mol. The highest BCUT2D eigenvalue weighted by Gasteiger charge is 2.25. The first kappa shape index (κ1) is 32.6. The number of benzene rings is 10. The molecule has 0 aliphatic heterocycles. The summed E-state index contributed by atoms with van der Waals surface area (Å²) in [7, 11) is 0. The molecule has 13 aromatic rings. The van der Waals surface area contributed by atoms with E-state index >= 15 is 0 Å². The van der Waals surface area contributed by atoms with Crippen molar-refractivity contribution in [1.29, 1.82) is 0 Å². The van der Waals surface area contributed by atoms with Gasteiger partial charge in [0.25, 0.3) is 0 Å². The van der Waals surface area contributed by atoms with Gasteiger partial charge in [-0.25, -0.2) is 0 Å². The van der Waals surface area contributed by atoms with Gasteiger partial charge in [-0.05, 0) is 109 Å². The van der Waals surface area contributed by atoms with Crippen LogP contribution in [-0.4, -0.2) is 0 Å².